The third-order valence-electron chi connectivity index (χ3n) is 7.49. The standard InChI is InChI=1S/C30H38O4/c1-4-32-28-18-17-27(29(34-28)24-13-9-6-10-14-24)30(31)33-20-25-19-21(2)15-16-26(25)22(3)23-11-7-5-8-12-23/h5-14,21-22,25-26,28H,4,15-20H2,1-3H3/t21-,22?,25+,26-,28?/m1/s1. The Bertz CT molecular complexity index is 952. The number of esters is 1. The Morgan fingerprint density at radius 2 is 1.74 bits per heavy atom. The summed E-state index contributed by atoms with van der Waals surface area (Å²) in [7, 11) is 0. The summed E-state index contributed by atoms with van der Waals surface area (Å²) in [5.74, 6) is 2.33. The molecule has 1 aliphatic carbocycles. The van der Waals surface area contributed by atoms with Gasteiger partial charge in [-0.2, -0.15) is 0 Å². The predicted octanol–water partition coefficient (Wildman–Crippen LogP) is 6.97. The van der Waals surface area contributed by atoms with Crippen LogP contribution in [0.1, 0.15) is 69.9 Å². The fourth-order valence-electron chi connectivity index (χ4n) is 5.61. The zero-order valence-electron chi connectivity index (χ0n) is 20.7. The van der Waals surface area contributed by atoms with E-state index in [0.717, 1.165) is 12.0 Å². The predicted molar refractivity (Wildman–Crippen MR) is 135 cm³/mol. The van der Waals surface area contributed by atoms with Gasteiger partial charge in [-0.05, 0) is 55.4 Å². The van der Waals surface area contributed by atoms with Gasteiger partial charge in [0.05, 0.1) is 12.2 Å². The first-order valence-electron chi connectivity index (χ1n) is 12.9. The largest absolute Gasteiger partial charge is 0.464 e. The van der Waals surface area contributed by atoms with Crippen LogP contribution in [0, 0.1) is 17.8 Å². The van der Waals surface area contributed by atoms with Crippen molar-refractivity contribution < 1.29 is 19.0 Å². The second kappa shape index (κ2) is 11.7. The van der Waals surface area contributed by atoms with Gasteiger partial charge >= 0.3 is 5.97 Å². The lowest BCUT2D eigenvalue weighted by Crippen LogP contribution is -2.32. The Morgan fingerprint density at radius 3 is 2.44 bits per heavy atom. The smallest absolute Gasteiger partial charge is 0.337 e. The molecule has 0 bridgehead atoms. The van der Waals surface area contributed by atoms with Crippen molar-refractivity contribution in [3.8, 4) is 0 Å². The lowest BCUT2D eigenvalue weighted by molar-refractivity contribution is -0.144. The first-order chi connectivity index (χ1) is 16.6. The average Bonchev–Trinajstić information content (AvgIpc) is 2.88. The fourth-order valence-corrected chi connectivity index (χ4v) is 5.61. The zero-order chi connectivity index (χ0) is 23.9. The van der Waals surface area contributed by atoms with E-state index in [1.54, 1.807) is 0 Å². The molecule has 1 fully saturated rings. The summed E-state index contributed by atoms with van der Waals surface area (Å²) < 4.78 is 17.8. The number of hydrogen-bond donors (Lipinski definition) is 0. The Hall–Kier alpha value is -2.59. The van der Waals surface area contributed by atoms with Crippen LogP contribution in [0.2, 0.25) is 0 Å². The summed E-state index contributed by atoms with van der Waals surface area (Å²) in [6.07, 6.45) is 4.44. The second-order valence-corrected chi connectivity index (χ2v) is 9.86. The molecule has 2 unspecified atom stereocenters. The third kappa shape index (κ3) is 5.90. The molecule has 1 heterocycles. The molecule has 1 aliphatic heterocycles. The minimum atomic E-state index is -0.327. The highest BCUT2D eigenvalue weighted by Crippen LogP contribution is 2.42. The van der Waals surface area contributed by atoms with E-state index in [9.17, 15) is 4.79 Å². The van der Waals surface area contributed by atoms with E-state index < -0.39 is 0 Å². The first kappa shape index (κ1) is 24.5. The number of carbonyl (C=O) groups is 1. The number of ether oxygens (including phenoxy) is 3. The molecule has 0 aromatic heterocycles. The first-order valence-corrected chi connectivity index (χ1v) is 12.9. The summed E-state index contributed by atoms with van der Waals surface area (Å²) in [6.45, 7) is 7.64. The number of carbonyl (C=O) groups excluding carboxylic acids is 1. The van der Waals surface area contributed by atoms with Crippen LogP contribution in [0.25, 0.3) is 5.76 Å². The monoisotopic (exact) mass is 462 g/mol. The highest BCUT2D eigenvalue weighted by atomic mass is 16.7. The van der Waals surface area contributed by atoms with Crippen molar-refractivity contribution in [3.05, 3.63) is 77.4 Å². The number of benzene rings is 2. The summed E-state index contributed by atoms with van der Waals surface area (Å²) in [4.78, 5) is 13.3. The molecule has 34 heavy (non-hydrogen) atoms. The Balaban J connectivity index is 1.49. The Morgan fingerprint density at radius 1 is 1.03 bits per heavy atom. The topological polar surface area (TPSA) is 44.8 Å². The molecule has 4 nitrogen and oxygen atoms in total. The van der Waals surface area contributed by atoms with Crippen LogP contribution in [-0.4, -0.2) is 25.5 Å². The molecule has 2 aromatic rings. The molecule has 0 amide bonds. The molecule has 5 atom stereocenters. The highest BCUT2D eigenvalue weighted by Gasteiger charge is 2.35. The van der Waals surface area contributed by atoms with E-state index >= 15 is 0 Å². The van der Waals surface area contributed by atoms with Gasteiger partial charge in [0.1, 0.15) is 5.76 Å². The van der Waals surface area contributed by atoms with Crippen LogP contribution in [0.5, 0.6) is 0 Å². The van der Waals surface area contributed by atoms with E-state index in [0.29, 0.717) is 61.1 Å². The van der Waals surface area contributed by atoms with Crippen LogP contribution < -0.4 is 0 Å². The minimum Gasteiger partial charge on any atom is -0.464 e. The van der Waals surface area contributed by atoms with Gasteiger partial charge in [-0.1, -0.05) is 80.9 Å². The third-order valence-corrected chi connectivity index (χ3v) is 7.49. The van der Waals surface area contributed by atoms with Crippen molar-refractivity contribution in [3.63, 3.8) is 0 Å². The van der Waals surface area contributed by atoms with Crippen molar-refractivity contribution in [1.29, 1.82) is 0 Å². The average molecular weight is 463 g/mol. The van der Waals surface area contributed by atoms with Gasteiger partial charge in [-0.25, -0.2) is 4.79 Å². The summed E-state index contributed by atoms with van der Waals surface area (Å²) >= 11 is 0. The molecule has 1 saturated carbocycles. The van der Waals surface area contributed by atoms with E-state index in [2.05, 4.69) is 44.2 Å². The molecule has 4 heteroatoms. The lowest BCUT2D eigenvalue weighted by Gasteiger charge is -2.38. The van der Waals surface area contributed by atoms with Gasteiger partial charge in [-0.15, -0.1) is 0 Å². The van der Waals surface area contributed by atoms with E-state index in [1.807, 2.05) is 37.3 Å². The molecule has 182 valence electrons. The van der Waals surface area contributed by atoms with Gasteiger partial charge in [0.25, 0.3) is 0 Å². The van der Waals surface area contributed by atoms with Crippen molar-refractivity contribution in [1.82, 2.24) is 0 Å². The van der Waals surface area contributed by atoms with Gasteiger partial charge in [0.2, 0.25) is 0 Å². The molecule has 0 radical (unpaired) electrons. The van der Waals surface area contributed by atoms with Crippen LogP contribution in [0.3, 0.4) is 0 Å². The van der Waals surface area contributed by atoms with Crippen molar-refractivity contribution >= 4 is 11.7 Å². The zero-order valence-corrected chi connectivity index (χ0v) is 20.7. The van der Waals surface area contributed by atoms with E-state index in [1.165, 1.54) is 18.4 Å². The molecule has 0 N–H and O–H groups in total. The molecule has 0 spiro atoms. The van der Waals surface area contributed by atoms with Gasteiger partial charge in [0, 0.05) is 18.6 Å². The van der Waals surface area contributed by atoms with Crippen molar-refractivity contribution in [2.24, 2.45) is 17.8 Å². The summed E-state index contributed by atoms with van der Waals surface area (Å²) in [6, 6.07) is 20.5. The molecule has 2 aliphatic rings. The molecule has 4 rings (SSSR count). The molecule has 0 saturated heterocycles. The highest BCUT2D eigenvalue weighted by molar-refractivity contribution is 5.96. The van der Waals surface area contributed by atoms with Crippen molar-refractivity contribution in [2.75, 3.05) is 13.2 Å². The maximum absolute atomic E-state index is 13.3. The number of hydrogen-bond acceptors (Lipinski definition) is 4. The van der Waals surface area contributed by atoms with Crippen molar-refractivity contribution in [2.45, 2.75) is 65.1 Å². The summed E-state index contributed by atoms with van der Waals surface area (Å²) in [5, 5.41) is 0. The minimum absolute atomic E-state index is 0.252. The van der Waals surface area contributed by atoms with E-state index in [-0.39, 0.29) is 12.3 Å². The molecule has 2 aromatic carbocycles. The molecular formula is C30H38O4. The summed E-state index contributed by atoms with van der Waals surface area (Å²) in [5.41, 5.74) is 2.88. The van der Waals surface area contributed by atoms with Gasteiger partial charge in [-0.3, -0.25) is 0 Å². The van der Waals surface area contributed by atoms with Crippen LogP contribution in [-0.2, 0) is 19.0 Å². The fraction of sp³-hybridized carbons (Fsp3) is 0.500. The second-order valence-electron chi connectivity index (χ2n) is 9.86. The SMILES string of the molecule is CCOC1CCC(C(=O)OC[C@@H]2C[C@H](C)CC[C@@H]2C(C)c2ccccc2)=C(c2ccccc2)O1. The van der Waals surface area contributed by atoms with Gasteiger partial charge in [0.15, 0.2) is 6.29 Å². The van der Waals surface area contributed by atoms with Crippen LogP contribution in [0.15, 0.2) is 66.2 Å². The maximum atomic E-state index is 13.3. The normalized spacial score (nSPS) is 26.0. The van der Waals surface area contributed by atoms with Gasteiger partial charge < -0.3 is 14.2 Å². The maximum Gasteiger partial charge on any atom is 0.337 e. The molecular weight excluding hydrogens is 424 g/mol. The quantitative estimate of drug-likeness (QED) is 0.397. The lowest BCUT2D eigenvalue weighted by atomic mass is 9.68. The Kier molecular flexibility index (Phi) is 8.44. The van der Waals surface area contributed by atoms with Crippen LogP contribution >= 0.6 is 0 Å². The number of rotatable bonds is 8. The van der Waals surface area contributed by atoms with Crippen LogP contribution in [0.4, 0.5) is 0 Å². The van der Waals surface area contributed by atoms with E-state index in [4.69, 9.17) is 14.2 Å². The Labute approximate surface area is 204 Å².